The molecule has 0 saturated carbocycles. The summed E-state index contributed by atoms with van der Waals surface area (Å²) in [6.07, 6.45) is 0. The summed E-state index contributed by atoms with van der Waals surface area (Å²) < 4.78 is 2.65. The van der Waals surface area contributed by atoms with E-state index in [0.29, 0.717) is 0 Å². The molecule has 46 heavy (non-hydrogen) atoms. The van der Waals surface area contributed by atoms with Crippen LogP contribution in [0.2, 0.25) is 0 Å². The van der Waals surface area contributed by atoms with E-state index in [0.717, 1.165) is 54.4 Å². The Balaban J connectivity index is 1.21. The third kappa shape index (κ3) is 4.62. The van der Waals surface area contributed by atoms with E-state index < -0.39 is 0 Å². The van der Waals surface area contributed by atoms with Crippen molar-refractivity contribution in [3.8, 4) is 54.5 Å². The van der Waals surface area contributed by atoms with E-state index in [-0.39, 0.29) is 0 Å². The van der Waals surface area contributed by atoms with Crippen LogP contribution in [0, 0.1) is 0 Å². The molecule has 4 heteroatoms. The van der Waals surface area contributed by atoms with Gasteiger partial charge in [-0.3, -0.25) is 0 Å². The highest BCUT2D eigenvalue weighted by molar-refractivity contribution is 7.25. The lowest BCUT2D eigenvalue weighted by Gasteiger charge is -2.11. The Hall–Kier alpha value is -5.42. The van der Waals surface area contributed by atoms with Crippen LogP contribution in [0.5, 0.6) is 0 Å². The summed E-state index contributed by atoms with van der Waals surface area (Å²) in [4.78, 5) is 13.1. The van der Waals surface area contributed by atoms with Gasteiger partial charge in [0.15, 0.2) is 0 Å². The zero-order valence-corrected chi connectivity index (χ0v) is 26.4. The average molecular weight is 623 g/mol. The third-order valence-corrected chi connectivity index (χ3v) is 10.9. The van der Waals surface area contributed by atoms with Crippen LogP contribution in [0.15, 0.2) is 158 Å². The lowest BCUT2D eigenvalue weighted by atomic mass is 10.0. The predicted octanol–water partition coefficient (Wildman–Crippen LogP) is 12.4. The monoisotopic (exact) mass is 622 g/mol. The number of hydrogen-bond donors (Lipinski definition) is 0. The van der Waals surface area contributed by atoms with Crippen LogP contribution in [-0.2, 0) is 0 Å². The van der Waals surface area contributed by atoms with E-state index in [1.165, 1.54) is 31.3 Å². The number of benzene rings is 6. The molecule has 0 atom stereocenters. The fourth-order valence-electron chi connectivity index (χ4n) is 6.25. The first-order chi connectivity index (χ1) is 22.8. The fraction of sp³-hybridized carbons (Fsp3) is 0. The molecular weight excluding hydrogens is 597 g/mol. The molecular formula is C42H26N2S2. The van der Waals surface area contributed by atoms with Gasteiger partial charge in [-0.05, 0) is 34.4 Å². The van der Waals surface area contributed by atoms with Crippen molar-refractivity contribution in [2.75, 3.05) is 0 Å². The molecule has 0 aliphatic rings. The number of fused-ring (bicyclic) bond motifs is 4. The molecule has 0 aliphatic carbocycles. The summed E-state index contributed by atoms with van der Waals surface area (Å²) in [6, 6.07) is 55.8. The smallest absolute Gasteiger partial charge is 0.109 e. The van der Waals surface area contributed by atoms with Crippen molar-refractivity contribution < 1.29 is 0 Å². The summed E-state index contributed by atoms with van der Waals surface area (Å²) in [5, 5.41) is 2.65. The molecule has 2 nitrogen and oxygen atoms in total. The maximum absolute atomic E-state index is 5.43. The van der Waals surface area contributed by atoms with E-state index >= 15 is 0 Å². The molecule has 216 valence electrons. The zero-order chi connectivity index (χ0) is 30.5. The second-order valence-electron chi connectivity index (χ2n) is 11.4. The Labute approximate surface area is 274 Å². The number of nitrogens with zero attached hydrogens (tertiary/aromatic N) is 2. The Morgan fingerprint density at radius 2 is 0.783 bits per heavy atom. The average Bonchev–Trinajstić information content (AvgIpc) is 3.70. The van der Waals surface area contributed by atoms with Crippen molar-refractivity contribution >= 4 is 53.9 Å². The topological polar surface area (TPSA) is 25.8 Å². The van der Waals surface area contributed by atoms with Crippen LogP contribution in [0.25, 0.3) is 85.7 Å². The Morgan fingerprint density at radius 3 is 1.39 bits per heavy atom. The van der Waals surface area contributed by atoms with Crippen LogP contribution >= 0.6 is 22.7 Å². The molecule has 0 fully saturated rings. The SMILES string of the molecule is c1ccc(-c2nc3c(-c4ccccc4)sc(-c4ccc(-c5ccc6c(c5)sc5ccccc56)cc4)c3nc2-c2ccccc2)cc1. The second kappa shape index (κ2) is 11.2. The van der Waals surface area contributed by atoms with Gasteiger partial charge in [-0.15, -0.1) is 22.7 Å². The molecule has 0 N–H and O–H groups in total. The standard InChI is InChI=1S/C42H26N2S2/c1-4-12-28(13-5-1)37-38(29-14-6-2-7-15-29)44-40-39(43-37)41(30-16-8-3-9-17-30)46-42(40)31-22-20-27(21-23-31)32-24-25-34-33-18-10-11-19-35(33)45-36(34)26-32/h1-26H. The largest absolute Gasteiger partial charge is 0.242 e. The second-order valence-corrected chi connectivity index (χ2v) is 13.5. The number of rotatable bonds is 5. The van der Waals surface area contributed by atoms with Gasteiger partial charge in [0.05, 0.1) is 21.1 Å². The molecule has 9 rings (SSSR count). The minimum atomic E-state index is 0.895. The maximum Gasteiger partial charge on any atom is 0.109 e. The van der Waals surface area contributed by atoms with Crippen LogP contribution in [0.4, 0.5) is 0 Å². The maximum atomic E-state index is 5.43. The van der Waals surface area contributed by atoms with Crippen molar-refractivity contribution in [1.82, 2.24) is 9.97 Å². The Kier molecular flexibility index (Phi) is 6.55. The minimum absolute atomic E-state index is 0.895. The van der Waals surface area contributed by atoms with Crippen LogP contribution in [-0.4, -0.2) is 9.97 Å². The predicted molar refractivity (Wildman–Crippen MR) is 197 cm³/mol. The molecule has 0 bridgehead atoms. The van der Waals surface area contributed by atoms with E-state index in [9.17, 15) is 0 Å². The summed E-state index contributed by atoms with van der Waals surface area (Å²) in [7, 11) is 0. The van der Waals surface area contributed by atoms with Gasteiger partial charge < -0.3 is 0 Å². The van der Waals surface area contributed by atoms with Gasteiger partial charge in [0.1, 0.15) is 11.0 Å². The lowest BCUT2D eigenvalue weighted by molar-refractivity contribution is 1.30. The first-order valence-corrected chi connectivity index (χ1v) is 17.0. The minimum Gasteiger partial charge on any atom is -0.242 e. The highest BCUT2D eigenvalue weighted by Gasteiger charge is 2.22. The number of thiophene rings is 2. The highest BCUT2D eigenvalue weighted by Crippen LogP contribution is 2.45. The molecule has 0 spiro atoms. The van der Waals surface area contributed by atoms with Gasteiger partial charge in [-0.2, -0.15) is 0 Å². The molecule has 6 aromatic carbocycles. The Bertz CT molecular complexity index is 2500. The number of hydrogen-bond acceptors (Lipinski definition) is 4. The van der Waals surface area contributed by atoms with Gasteiger partial charge in [0, 0.05) is 31.3 Å². The normalized spacial score (nSPS) is 11.5. The number of aromatic nitrogens is 2. The van der Waals surface area contributed by atoms with Gasteiger partial charge in [-0.1, -0.05) is 146 Å². The summed E-state index contributed by atoms with van der Waals surface area (Å²) in [6.45, 7) is 0. The molecule has 3 aromatic heterocycles. The van der Waals surface area contributed by atoms with Crippen LogP contribution in [0.3, 0.4) is 0 Å². The van der Waals surface area contributed by atoms with Gasteiger partial charge >= 0.3 is 0 Å². The fourth-order valence-corrected chi connectivity index (χ4v) is 8.58. The van der Waals surface area contributed by atoms with Gasteiger partial charge in [0.25, 0.3) is 0 Å². The molecule has 0 amide bonds. The quantitative estimate of drug-likeness (QED) is 0.191. The van der Waals surface area contributed by atoms with Crippen molar-refractivity contribution in [2.24, 2.45) is 0 Å². The lowest BCUT2D eigenvalue weighted by Crippen LogP contribution is -1.95. The van der Waals surface area contributed by atoms with Crippen molar-refractivity contribution in [1.29, 1.82) is 0 Å². The molecule has 9 aromatic rings. The van der Waals surface area contributed by atoms with Crippen LogP contribution < -0.4 is 0 Å². The molecule has 3 heterocycles. The van der Waals surface area contributed by atoms with Crippen LogP contribution in [0.1, 0.15) is 0 Å². The van der Waals surface area contributed by atoms with E-state index in [4.69, 9.17) is 9.97 Å². The molecule has 0 aliphatic heterocycles. The molecule has 0 saturated heterocycles. The first-order valence-electron chi connectivity index (χ1n) is 15.3. The van der Waals surface area contributed by atoms with E-state index in [1.807, 2.05) is 23.5 Å². The van der Waals surface area contributed by atoms with E-state index in [2.05, 4.69) is 146 Å². The molecule has 0 unspecified atom stereocenters. The Morgan fingerprint density at radius 1 is 0.326 bits per heavy atom. The summed E-state index contributed by atoms with van der Waals surface area (Å²) in [5.74, 6) is 0. The summed E-state index contributed by atoms with van der Waals surface area (Å²) >= 11 is 3.63. The zero-order valence-electron chi connectivity index (χ0n) is 24.7. The van der Waals surface area contributed by atoms with Crippen molar-refractivity contribution in [3.05, 3.63) is 158 Å². The summed E-state index contributed by atoms with van der Waals surface area (Å²) in [5.41, 5.74) is 10.5. The van der Waals surface area contributed by atoms with Gasteiger partial charge in [-0.25, -0.2) is 9.97 Å². The first kappa shape index (κ1) is 26.9. The highest BCUT2D eigenvalue weighted by atomic mass is 32.1. The van der Waals surface area contributed by atoms with E-state index in [1.54, 1.807) is 11.3 Å². The van der Waals surface area contributed by atoms with Crippen molar-refractivity contribution in [3.63, 3.8) is 0 Å². The third-order valence-electron chi connectivity index (χ3n) is 8.52. The van der Waals surface area contributed by atoms with Gasteiger partial charge in [0.2, 0.25) is 0 Å². The molecule has 0 radical (unpaired) electrons. The van der Waals surface area contributed by atoms with Crippen molar-refractivity contribution in [2.45, 2.75) is 0 Å².